The molecule has 0 atom stereocenters. The van der Waals surface area contributed by atoms with Gasteiger partial charge in [0.05, 0.1) is 39.8 Å². The highest BCUT2D eigenvalue weighted by Gasteiger charge is 2.32. The number of ether oxygens (including phenoxy) is 5. The van der Waals surface area contributed by atoms with Crippen LogP contribution in [0.2, 0.25) is 0 Å². The van der Waals surface area contributed by atoms with Crippen molar-refractivity contribution in [1.82, 2.24) is 15.3 Å². The summed E-state index contributed by atoms with van der Waals surface area (Å²) < 4.78 is 52.6. The molecule has 1 fully saturated rings. The van der Waals surface area contributed by atoms with Crippen LogP contribution < -0.4 is 29.0 Å². The molecule has 0 aromatic heterocycles. The number of amides is 4. The predicted molar refractivity (Wildman–Crippen MR) is 173 cm³/mol. The van der Waals surface area contributed by atoms with Gasteiger partial charge in [-0.25, -0.2) is 18.0 Å². The lowest BCUT2D eigenvalue weighted by Gasteiger charge is -2.18. The third-order valence-electron chi connectivity index (χ3n) is 7.11. The summed E-state index contributed by atoms with van der Waals surface area (Å²) in [6.45, 7) is 0.127. The minimum Gasteiger partial charge on any atom is -0.496 e. The first-order chi connectivity index (χ1) is 23.3. The number of imide groups is 1. The highest BCUT2D eigenvalue weighted by Crippen LogP contribution is 2.35. The van der Waals surface area contributed by atoms with Crippen molar-refractivity contribution in [3.05, 3.63) is 46.9 Å². The maximum Gasteiger partial charge on any atom is 0.412 e. The van der Waals surface area contributed by atoms with E-state index in [1.54, 1.807) is 12.1 Å². The molecule has 1 saturated heterocycles. The molecule has 1 heterocycles. The number of hydroxylamine groups is 2. The van der Waals surface area contributed by atoms with E-state index in [9.17, 15) is 32.4 Å². The normalized spacial score (nSPS) is 12.9. The summed E-state index contributed by atoms with van der Waals surface area (Å²) in [5.74, 6) is -1.39. The van der Waals surface area contributed by atoms with Crippen LogP contribution >= 0.6 is 0 Å². The maximum absolute atomic E-state index is 13.0. The molecule has 0 aliphatic carbocycles. The first-order valence-corrected chi connectivity index (χ1v) is 16.7. The van der Waals surface area contributed by atoms with Crippen LogP contribution in [-0.4, -0.2) is 96.7 Å². The molecule has 0 saturated carbocycles. The Hall–Kier alpha value is -5.32. The second-order valence-corrected chi connectivity index (χ2v) is 12.5. The molecule has 0 bridgehead atoms. The monoisotopic (exact) mass is 705 g/mol. The molecule has 0 spiro atoms. The lowest BCUT2D eigenvalue weighted by molar-refractivity contribution is -0.197. The van der Waals surface area contributed by atoms with Crippen LogP contribution in [0.4, 0.5) is 4.79 Å². The predicted octanol–water partition coefficient (Wildman–Crippen LogP) is 2.63. The Bertz CT molecular complexity index is 1650. The molecule has 49 heavy (non-hydrogen) atoms. The first-order valence-electron chi connectivity index (χ1n) is 14.9. The Balaban J connectivity index is 1.51. The van der Waals surface area contributed by atoms with Gasteiger partial charge in [-0.1, -0.05) is 6.07 Å². The van der Waals surface area contributed by atoms with Crippen molar-refractivity contribution in [2.45, 2.75) is 37.9 Å². The van der Waals surface area contributed by atoms with Gasteiger partial charge >= 0.3 is 12.1 Å². The van der Waals surface area contributed by atoms with Crippen molar-refractivity contribution in [2.75, 3.05) is 48.6 Å². The molecule has 2 aromatic carbocycles. The summed E-state index contributed by atoms with van der Waals surface area (Å²) in [6, 6.07) is 7.55. The van der Waals surface area contributed by atoms with Gasteiger partial charge in [0.2, 0.25) is 5.91 Å². The van der Waals surface area contributed by atoms with Gasteiger partial charge < -0.3 is 38.7 Å². The Kier molecular flexibility index (Phi) is 13.8. The number of methoxy groups -OCH3 is 4. The van der Waals surface area contributed by atoms with Gasteiger partial charge in [0.25, 0.3) is 11.8 Å². The molecule has 16 nitrogen and oxygen atoms in total. The van der Waals surface area contributed by atoms with E-state index >= 15 is 0 Å². The summed E-state index contributed by atoms with van der Waals surface area (Å²) in [5.41, 5.74) is 0.710. The average Bonchev–Trinajstić information content (AvgIpc) is 3.38. The van der Waals surface area contributed by atoms with Crippen LogP contribution in [-0.2, 0) is 39.6 Å². The van der Waals surface area contributed by atoms with Crippen LogP contribution in [0, 0.1) is 0 Å². The summed E-state index contributed by atoms with van der Waals surface area (Å²) in [5, 5.41) is 3.99. The lowest BCUT2D eigenvalue weighted by atomic mass is 10.1. The summed E-state index contributed by atoms with van der Waals surface area (Å²) in [7, 11) is 3.39. The number of nitrogens with zero attached hydrogens (tertiary/aromatic N) is 2. The molecule has 0 radical (unpaired) electrons. The molecule has 17 heteroatoms. The first kappa shape index (κ1) is 38.1. The fourth-order valence-corrected chi connectivity index (χ4v) is 5.59. The highest BCUT2D eigenvalue weighted by molar-refractivity contribution is 7.93. The Morgan fingerprint density at radius 2 is 1.51 bits per heavy atom. The van der Waals surface area contributed by atoms with E-state index in [2.05, 4.69) is 5.32 Å². The quantitative estimate of drug-likeness (QED) is 0.236. The second kappa shape index (κ2) is 17.7. The number of hydrogen-bond acceptors (Lipinski definition) is 13. The van der Waals surface area contributed by atoms with Crippen molar-refractivity contribution in [1.29, 1.82) is 0 Å². The van der Waals surface area contributed by atoms with Crippen molar-refractivity contribution >= 4 is 45.7 Å². The third kappa shape index (κ3) is 11.1. The van der Waals surface area contributed by atoms with Gasteiger partial charge in [-0.05, 0) is 30.2 Å². The Morgan fingerprint density at radius 1 is 0.878 bits per heavy atom. The number of carbonyl (C=O) groups is 5. The standard InChI is InChI=1S/C32H39N3O13S/c1-34(28(36)7-6-8-31(39)48-35-29(37)11-12-30(35)38)15-14-33-32(40)47-27-17-21(9-10-24(27)44-3)20-49(41,42)16-13-23-25(45-4)18-22(43-2)19-26(23)46-5/h9-10,13,16-19H,6-8,11-12,14-15,20H2,1-5H3,(H,33,40)/b16-13+. The Morgan fingerprint density at radius 3 is 2.10 bits per heavy atom. The van der Waals surface area contributed by atoms with Crippen molar-refractivity contribution in [3.8, 4) is 28.7 Å². The molecule has 266 valence electrons. The molecular weight excluding hydrogens is 666 g/mol. The zero-order valence-electron chi connectivity index (χ0n) is 27.8. The van der Waals surface area contributed by atoms with Crippen LogP contribution in [0.15, 0.2) is 35.7 Å². The number of benzene rings is 2. The summed E-state index contributed by atoms with van der Waals surface area (Å²) in [6.07, 6.45) is 0.398. The zero-order chi connectivity index (χ0) is 36.1. The van der Waals surface area contributed by atoms with Gasteiger partial charge in [0.15, 0.2) is 21.3 Å². The number of likely N-dealkylation sites (N-methyl/N-ethyl adjacent to an activating group) is 1. The van der Waals surface area contributed by atoms with E-state index in [1.807, 2.05) is 0 Å². The molecule has 1 aliphatic rings. The fraction of sp³-hybridized carbons (Fsp3) is 0.406. The molecular formula is C32H39N3O13S. The van der Waals surface area contributed by atoms with E-state index in [0.717, 1.165) is 5.41 Å². The van der Waals surface area contributed by atoms with E-state index in [4.69, 9.17) is 28.5 Å². The summed E-state index contributed by atoms with van der Waals surface area (Å²) >= 11 is 0. The van der Waals surface area contributed by atoms with Crippen LogP contribution in [0.25, 0.3) is 6.08 Å². The molecule has 0 unspecified atom stereocenters. The molecule has 1 N–H and O–H groups in total. The number of hydrogen-bond donors (Lipinski definition) is 1. The lowest BCUT2D eigenvalue weighted by Crippen LogP contribution is -2.37. The largest absolute Gasteiger partial charge is 0.496 e. The zero-order valence-corrected chi connectivity index (χ0v) is 28.6. The number of sulfone groups is 1. The van der Waals surface area contributed by atoms with Gasteiger partial charge in [-0.15, -0.1) is 5.06 Å². The van der Waals surface area contributed by atoms with Crippen molar-refractivity contribution in [2.24, 2.45) is 0 Å². The van der Waals surface area contributed by atoms with Crippen LogP contribution in [0.5, 0.6) is 28.7 Å². The van der Waals surface area contributed by atoms with Crippen molar-refractivity contribution < 1.29 is 60.9 Å². The van der Waals surface area contributed by atoms with E-state index < -0.39 is 39.5 Å². The average molecular weight is 706 g/mol. The minimum atomic E-state index is -3.83. The third-order valence-corrected chi connectivity index (χ3v) is 8.39. The molecule has 3 rings (SSSR count). The topological polar surface area (TPSA) is 193 Å². The Labute approximate surface area is 283 Å². The van der Waals surface area contributed by atoms with Crippen molar-refractivity contribution in [3.63, 3.8) is 0 Å². The SMILES string of the molecule is COc1cc(OC)c(/C=C/S(=O)(=O)Cc2ccc(OC)c(OC(=O)NCCN(C)C(=O)CCCC(=O)ON3C(=O)CCC3=O)c2)c(OC)c1. The van der Waals surface area contributed by atoms with Gasteiger partial charge in [-0.3, -0.25) is 14.4 Å². The van der Waals surface area contributed by atoms with E-state index in [-0.39, 0.29) is 62.6 Å². The molecule has 1 aliphatic heterocycles. The minimum absolute atomic E-state index is 0.0127. The number of rotatable bonds is 17. The van der Waals surface area contributed by atoms with E-state index in [0.29, 0.717) is 33.4 Å². The second-order valence-electron chi connectivity index (χ2n) is 10.6. The highest BCUT2D eigenvalue weighted by atomic mass is 32.2. The number of nitrogens with one attached hydrogen (secondary N) is 1. The fourth-order valence-electron chi connectivity index (χ4n) is 4.51. The smallest absolute Gasteiger partial charge is 0.412 e. The maximum atomic E-state index is 13.0. The van der Waals surface area contributed by atoms with Gasteiger partial charge in [-0.2, -0.15) is 0 Å². The molecule has 4 amide bonds. The van der Waals surface area contributed by atoms with Gasteiger partial charge in [0, 0.05) is 63.4 Å². The number of carbonyl (C=O) groups excluding carboxylic acids is 5. The van der Waals surface area contributed by atoms with Gasteiger partial charge in [0.1, 0.15) is 17.2 Å². The summed E-state index contributed by atoms with van der Waals surface area (Å²) in [4.78, 5) is 66.0. The molecule has 2 aromatic rings. The van der Waals surface area contributed by atoms with Crippen LogP contribution in [0.3, 0.4) is 0 Å². The van der Waals surface area contributed by atoms with E-state index in [1.165, 1.54) is 64.7 Å². The van der Waals surface area contributed by atoms with Crippen LogP contribution in [0.1, 0.15) is 43.2 Å².